The molecule has 2 N–H and O–H groups in total. The van der Waals surface area contributed by atoms with Gasteiger partial charge in [0.25, 0.3) is 5.91 Å². The van der Waals surface area contributed by atoms with E-state index in [2.05, 4.69) is 20.1 Å². The van der Waals surface area contributed by atoms with E-state index in [4.69, 9.17) is 0 Å². The molecule has 2 aromatic carbocycles. The Kier molecular flexibility index (Phi) is 7.32. The monoisotopic (exact) mass is 554 g/mol. The number of amides is 1. The van der Waals surface area contributed by atoms with Gasteiger partial charge < -0.3 is 10.2 Å². The van der Waals surface area contributed by atoms with Crippen molar-refractivity contribution in [1.29, 1.82) is 0 Å². The van der Waals surface area contributed by atoms with Crippen molar-refractivity contribution < 1.29 is 22.0 Å². The van der Waals surface area contributed by atoms with E-state index in [9.17, 15) is 22.0 Å². The Morgan fingerprint density at radius 1 is 1.05 bits per heavy atom. The summed E-state index contributed by atoms with van der Waals surface area (Å²) in [5.41, 5.74) is 2.39. The number of aryl methyl sites for hydroxylation is 1. The minimum Gasteiger partial charge on any atom is -0.339 e. The number of anilines is 2. The third kappa shape index (κ3) is 5.34. The van der Waals surface area contributed by atoms with Crippen LogP contribution >= 0.6 is 0 Å². The first-order valence-corrected chi connectivity index (χ1v) is 14.1. The van der Waals surface area contributed by atoms with E-state index in [0.717, 1.165) is 5.56 Å². The summed E-state index contributed by atoms with van der Waals surface area (Å²) >= 11 is 0. The molecule has 1 aliphatic heterocycles. The Bertz CT molecular complexity index is 1630. The molecule has 2 aromatic heterocycles. The van der Waals surface area contributed by atoms with Crippen molar-refractivity contribution in [3.8, 4) is 0 Å². The van der Waals surface area contributed by atoms with E-state index < -0.39 is 15.8 Å². The number of aromatic nitrogens is 3. The van der Waals surface area contributed by atoms with Gasteiger partial charge in [-0.2, -0.15) is 9.61 Å². The van der Waals surface area contributed by atoms with Gasteiger partial charge in [0, 0.05) is 31.5 Å². The summed E-state index contributed by atoms with van der Waals surface area (Å²) in [6.07, 6.45) is 3.95. The summed E-state index contributed by atoms with van der Waals surface area (Å²) in [6.45, 7) is 4.52. The molecule has 39 heavy (non-hydrogen) atoms. The zero-order chi connectivity index (χ0) is 27.7. The van der Waals surface area contributed by atoms with Crippen LogP contribution in [0.15, 0.2) is 59.8 Å². The molecule has 0 bridgehead atoms. The Morgan fingerprint density at radius 2 is 1.74 bits per heavy atom. The molecule has 0 radical (unpaired) electrons. The topological polar surface area (TPSA) is 109 Å². The number of rotatable bonds is 7. The molecule has 1 amide bonds. The number of sulfonamides is 1. The van der Waals surface area contributed by atoms with Gasteiger partial charge in [-0.1, -0.05) is 19.1 Å². The lowest BCUT2D eigenvalue weighted by Crippen LogP contribution is -2.38. The first kappa shape index (κ1) is 26.7. The second kappa shape index (κ2) is 10.7. The maximum absolute atomic E-state index is 13.8. The highest BCUT2D eigenvalue weighted by atomic mass is 32.2. The van der Waals surface area contributed by atoms with Crippen LogP contribution in [0.4, 0.5) is 20.3 Å². The van der Waals surface area contributed by atoms with Crippen LogP contribution in [0.1, 0.15) is 47.2 Å². The molecule has 5 rings (SSSR count). The minimum absolute atomic E-state index is 0.0461. The van der Waals surface area contributed by atoms with Crippen LogP contribution < -0.4 is 10.0 Å². The summed E-state index contributed by atoms with van der Waals surface area (Å²) in [6, 6.07) is 10.6. The number of halogens is 2. The minimum atomic E-state index is -3.88. The summed E-state index contributed by atoms with van der Waals surface area (Å²) in [5.74, 6) is -0.559. The molecule has 12 heteroatoms. The number of nitrogens with zero attached hydrogens (tertiary/aromatic N) is 4. The fraction of sp³-hybridized carbons (Fsp3) is 0.296. The number of carbonyl (C=O) groups excluding carboxylic acids is 1. The van der Waals surface area contributed by atoms with Gasteiger partial charge in [0.05, 0.1) is 6.20 Å². The highest BCUT2D eigenvalue weighted by molar-refractivity contribution is 7.89. The number of carbonyl (C=O) groups is 1. The summed E-state index contributed by atoms with van der Waals surface area (Å²) in [7, 11) is -3.88. The Morgan fingerprint density at radius 3 is 2.41 bits per heavy atom. The van der Waals surface area contributed by atoms with Crippen molar-refractivity contribution in [2.24, 2.45) is 0 Å². The van der Waals surface area contributed by atoms with Gasteiger partial charge in [-0.3, -0.25) is 4.79 Å². The Balaban J connectivity index is 1.50. The van der Waals surface area contributed by atoms with Gasteiger partial charge in [0.1, 0.15) is 27.9 Å². The largest absolute Gasteiger partial charge is 0.339 e. The van der Waals surface area contributed by atoms with Gasteiger partial charge in [-0.05, 0) is 67.1 Å². The molecule has 1 fully saturated rings. The van der Waals surface area contributed by atoms with Gasteiger partial charge in [0.15, 0.2) is 5.65 Å². The van der Waals surface area contributed by atoms with Crippen LogP contribution in [0.25, 0.3) is 5.65 Å². The Hall–Kier alpha value is -3.90. The molecule has 9 nitrogen and oxygen atoms in total. The number of nitrogens with one attached hydrogen (secondary N) is 2. The first-order chi connectivity index (χ1) is 18.7. The summed E-state index contributed by atoms with van der Waals surface area (Å²) in [4.78, 5) is 19.7. The molecular weight excluding hydrogens is 526 g/mol. The van der Waals surface area contributed by atoms with Crippen molar-refractivity contribution in [3.05, 3.63) is 83.2 Å². The number of benzene rings is 2. The van der Waals surface area contributed by atoms with Crippen LogP contribution in [0, 0.1) is 18.6 Å². The number of likely N-dealkylation sites (tertiary alicyclic amines) is 1. The number of hydrogen-bond acceptors (Lipinski definition) is 6. The number of piperidine rings is 1. The zero-order valence-corrected chi connectivity index (χ0v) is 22.3. The highest BCUT2D eigenvalue weighted by Crippen LogP contribution is 2.31. The zero-order valence-electron chi connectivity index (χ0n) is 21.5. The van der Waals surface area contributed by atoms with E-state index in [1.807, 2.05) is 0 Å². The third-order valence-corrected chi connectivity index (χ3v) is 8.45. The van der Waals surface area contributed by atoms with Crippen molar-refractivity contribution in [2.75, 3.05) is 25.0 Å². The van der Waals surface area contributed by atoms with Crippen molar-refractivity contribution >= 4 is 33.1 Å². The molecule has 1 aliphatic rings. The van der Waals surface area contributed by atoms with Gasteiger partial charge >= 0.3 is 0 Å². The summed E-state index contributed by atoms with van der Waals surface area (Å²) in [5, 5.41) is 7.42. The Labute approximate surface area is 224 Å². The molecule has 0 atom stereocenters. The summed E-state index contributed by atoms with van der Waals surface area (Å²) < 4.78 is 56.3. The van der Waals surface area contributed by atoms with Crippen molar-refractivity contribution in [1.82, 2.24) is 24.2 Å². The lowest BCUT2D eigenvalue weighted by Gasteiger charge is -2.32. The molecule has 204 valence electrons. The average molecular weight is 555 g/mol. The van der Waals surface area contributed by atoms with Crippen LogP contribution in [0.3, 0.4) is 0 Å². The van der Waals surface area contributed by atoms with Gasteiger partial charge in [-0.15, -0.1) is 0 Å². The smallest absolute Gasteiger partial charge is 0.259 e. The standard InChI is InChI=1S/C27H28F2N6O3S/c1-3-32-39(37,38)24-16-31-35-25(33-23-9-8-21(29)14-17(23)2)22(15-30-26(24)35)27(36)34-12-10-19(11-13-34)18-4-6-20(28)7-5-18/h4-9,14-16,19,32-33H,3,10-13H2,1-2H3. The van der Waals surface area contributed by atoms with Crippen LogP contribution in [0.2, 0.25) is 0 Å². The van der Waals surface area contributed by atoms with E-state index in [1.54, 1.807) is 36.9 Å². The maximum Gasteiger partial charge on any atom is 0.259 e. The SMILES string of the molecule is CCNS(=O)(=O)c1cnn2c(Nc3ccc(F)cc3C)c(C(=O)N3CCC(c4ccc(F)cc4)CC3)cnc12. The predicted molar refractivity (Wildman–Crippen MR) is 143 cm³/mol. The molecule has 0 spiro atoms. The lowest BCUT2D eigenvalue weighted by molar-refractivity contribution is 0.0713. The average Bonchev–Trinajstić information content (AvgIpc) is 3.36. The van der Waals surface area contributed by atoms with Crippen LogP contribution in [-0.2, 0) is 10.0 Å². The number of fused-ring (bicyclic) bond motifs is 1. The first-order valence-electron chi connectivity index (χ1n) is 12.6. The second-order valence-electron chi connectivity index (χ2n) is 9.47. The molecule has 0 unspecified atom stereocenters. The quantitative estimate of drug-likeness (QED) is 0.351. The maximum atomic E-state index is 13.8. The highest BCUT2D eigenvalue weighted by Gasteiger charge is 2.29. The molecule has 1 saturated heterocycles. The third-order valence-electron chi connectivity index (χ3n) is 6.91. The second-order valence-corrected chi connectivity index (χ2v) is 11.2. The van der Waals surface area contributed by atoms with E-state index >= 15 is 0 Å². The van der Waals surface area contributed by atoms with Gasteiger partial charge in [-0.25, -0.2) is 26.9 Å². The normalized spacial score (nSPS) is 14.6. The molecule has 0 aliphatic carbocycles. The van der Waals surface area contributed by atoms with E-state index in [-0.39, 0.29) is 46.1 Å². The molecule has 3 heterocycles. The molecule has 4 aromatic rings. The van der Waals surface area contributed by atoms with Crippen LogP contribution in [0.5, 0.6) is 0 Å². The van der Waals surface area contributed by atoms with E-state index in [0.29, 0.717) is 37.2 Å². The van der Waals surface area contributed by atoms with Crippen LogP contribution in [-0.4, -0.2) is 53.5 Å². The fourth-order valence-electron chi connectivity index (χ4n) is 4.86. The van der Waals surface area contributed by atoms with Crippen molar-refractivity contribution in [2.45, 2.75) is 37.5 Å². The van der Waals surface area contributed by atoms with Gasteiger partial charge in [0.2, 0.25) is 10.0 Å². The van der Waals surface area contributed by atoms with E-state index in [1.165, 1.54) is 41.2 Å². The molecule has 0 saturated carbocycles. The molecular formula is C27H28F2N6O3S. The predicted octanol–water partition coefficient (Wildman–Crippen LogP) is 4.38. The van der Waals surface area contributed by atoms with Crippen molar-refractivity contribution in [3.63, 3.8) is 0 Å². The number of hydrogen-bond donors (Lipinski definition) is 2. The lowest BCUT2D eigenvalue weighted by atomic mass is 9.89. The fourth-order valence-corrected chi connectivity index (χ4v) is 5.96.